The Morgan fingerprint density at radius 1 is 1.00 bits per heavy atom. The fraction of sp³-hybridized carbons (Fsp3) is 0.176. The van der Waals surface area contributed by atoms with E-state index in [2.05, 4.69) is 6.92 Å². The molecule has 0 aliphatic rings. The van der Waals surface area contributed by atoms with Crippen molar-refractivity contribution >= 4 is 5.78 Å². The molecule has 2 N–H and O–H groups in total. The maximum atomic E-state index is 12.7. The van der Waals surface area contributed by atoms with Gasteiger partial charge in [-0.1, -0.05) is 74.0 Å². The van der Waals surface area contributed by atoms with Crippen molar-refractivity contribution < 1.29 is 4.79 Å². The van der Waals surface area contributed by atoms with Crippen LogP contribution in [-0.4, -0.2) is 5.78 Å². The lowest BCUT2D eigenvalue weighted by Crippen LogP contribution is -2.44. The predicted octanol–water partition coefficient (Wildman–Crippen LogP) is 3.34. The summed E-state index contributed by atoms with van der Waals surface area (Å²) in [6, 6.07) is 18.7. The lowest BCUT2D eigenvalue weighted by atomic mass is 9.80. The molecule has 0 heterocycles. The number of hydrogen-bond donors (Lipinski definition) is 1. The Morgan fingerprint density at radius 2 is 1.53 bits per heavy atom. The fourth-order valence-electron chi connectivity index (χ4n) is 2.25. The molecule has 2 aromatic rings. The van der Waals surface area contributed by atoms with Crippen LogP contribution in [0.4, 0.5) is 0 Å². The largest absolute Gasteiger partial charge is 0.315 e. The van der Waals surface area contributed by atoms with Gasteiger partial charge in [0.25, 0.3) is 0 Å². The summed E-state index contributed by atoms with van der Waals surface area (Å²) in [4.78, 5) is 12.7. The van der Waals surface area contributed by atoms with Gasteiger partial charge >= 0.3 is 0 Å². The van der Waals surface area contributed by atoms with Crippen LogP contribution in [0.3, 0.4) is 0 Å². The molecule has 0 aliphatic carbocycles. The summed E-state index contributed by atoms with van der Waals surface area (Å²) in [5, 5.41) is 0. The third-order valence-corrected chi connectivity index (χ3v) is 3.30. The minimum absolute atomic E-state index is 0.0528. The molecule has 2 nitrogen and oxygen atoms in total. The van der Waals surface area contributed by atoms with Crippen LogP contribution in [0, 0.1) is 6.92 Å². The monoisotopic (exact) mass is 252 g/mol. The van der Waals surface area contributed by atoms with Crippen molar-refractivity contribution in [1.82, 2.24) is 0 Å². The number of rotatable bonds is 5. The van der Waals surface area contributed by atoms with Crippen molar-refractivity contribution in [3.8, 4) is 0 Å². The number of ketones is 1. The Labute approximate surface area is 114 Å². The average Bonchev–Trinajstić information content (AvgIpc) is 2.48. The van der Waals surface area contributed by atoms with E-state index in [1.807, 2.05) is 48.5 Å². The zero-order valence-corrected chi connectivity index (χ0v) is 10.9. The molecule has 19 heavy (non-hydrogen) atoms. The molecule has 97 valence electrons. The second-order valence-corrected chi connectivity index (χ2v) is 4.64. The maximum Gasteiger partial charge on any atom is 0.187 e. The van der Waals surface area contributed by atoms with Crippen LogP contribution in [0.2, 0.25) is 0 Å². The minimum atomic E-state index is -0.996. The van der Waals surface area contributed by atoms with Crippen LogP contribution in [0.5, 0.6) is 0 Å². The van der Waals surface area contributed by atoms with Gasteiger partial charge in [0.2, 0.25) is 0 Å². The molecule has 0 aromatic heterocycles. The highest BCUT2D eigenvalue weighted by Crippen LogP contribution is 2.27. The van der Waals surface area contributed by atoms with Gasteiger partial charge in [-0.15, -0.1) is 0 Å². The lowest BCUT2D eigenvalue weighted by molar-refractivity contribution is 0.0878. The first-order chi connectivity index (χ1) is 9.18. The molecule has 2 aromatic carbocycles. The second kappa shape index (κ2) is 5.81. The summed E-state index contributed by atoms with van der Waals surface area (Å²) < 4.78 is 0. The number of benzene rings is 2. The van der Waals surface area contributed by atoms with Gasteiger partial charge in [0.05, 0.1) is 0 Å². The Kier molecular flexibility index (Phi) is 4.13. The van der Waals surface area contributed by atoms with Gasteiger partial charge in [-0.2, -0.15) is 0 Å². The van der Waals surface area contributed by atoms with Gasteiger partial charge in [0, 0.05) is 5.56 Å². The highest BCUT2D eigenvalue weighted by Gasteiger charge is 2.35. The minimum Gasteiger partial charge on any atom is -0.315 e. The highest BCUT2D eigenvalue weighted by molar-refractivity contribution is 6.03. The molecule has 2 rings (SSSR count). The zero-order chi connectivity index (χ0) is 13.7. The first-order valence-electron chi connectivity index (χ1n) is 6.42. The van der Waals surface area contributed by atoms with Crippen molar-refractivity contribution in [3.63, 3.8) is 0 Å². The summed E-state index contributed by atoms with van der Waals surface area (Å²) in [6.45, 7) is 3.84. The second-order valence-electron chi connectivity index (χ2n) is 4.64. The quantitative estimate of drug-likeness (QED) is 0.829. The highest BCUT2D eigenvalue weighted by atomic mass is 16.1. The first kappa shape index (κ1) is 13.5. The van der Waals surface area contributed by atoms with Crippen molar-refractivity contribution in [3.05, 3.63) is 78.7 Å². The SMILES string of the molecule is [CH2]CCC(N)(C(=O)c1ccccc1)c1ccccc1. The van der Waals surface area contributed by atoms with Crippen LogP contribution in [-0.2, 0) is 5.54 Å². The topological polar surface area (TPSA) is 43.1 Å². The summed E-state index contributed by atoms with van der Waals surface area (Å²) in [7, 11) is 0. The van der Waals surface area contributed by atoms with Crippen molar-refractivity contribution in [2.45, 2.75) is 18.4 Å². The van der Waals surface area contributed by atoms with E-state index < -0.39 is 5.54 Å². The molecule has 1 radical (unpaired) electrons. The molecule has 0 spiro atoms. The Morgan fingerprint density at radius 3 is 2.05 bits per heavy atom. The molecule has 0 saturated carbocycles. The van der Waals surface area contributed by atoms with Gasteiger partial charge in [0.15, 0.2) is 5.78 Å². The van der Waals surface area contributed by atoms with Crippen LogP contribution in [0.25, 0.3) is 0 Å². The fourth-order valence-corrected chi connectivity index (χ4v) is 2.25. The Balaban J connectivity index is 2.43. The van der Waals surface area contributed by atoms with Crippen molar-refractivity contribution in [1.29, 1.82) is 0 Å². The summed E-state index contributed by atoms with van der Waals surface area (Å²) >= 11 is 0. The molecule has 0 fully saturated rings. The average molecular weight is 252 g/mol. The maximum absolute atomic E-state index is 12.7. The number of Topliss-reactive ketones (excluding diaryl/α,β-unsaturated/α-hetero) is 1. The third-order valence-electron chi connectivity index (χ3n) is 3.30. The molecule has 1 unspecified atom stereocenters. The van der Waals surface area contributed by atoms with E-state index in [0.29, 0.717) is 18.4 Å². The van der Waals surface area contributed by atoms with E-state index in [9.17, 15) is 4.79 Å². The summed E-state index contributed by atoms with van der Waals surface area (Å²) in [5.41, 5.74) is 6.90. The van der Waals surface area contributed by atoms with Gasteiger partial charge in [-0.3, -0.25) is 4.79 Å². The smallest absolute Gasteiger partial charge is 0.187 e. The number of hydrogen-bond acceptors (Lipinski definition) is 2. The van der Waals surface area contributed by atoms with E-state index in [0.717, 1.165) is 5.56 Å². The Bertz CT molecular complexity index is 536. The standard InChI is InChI=1S/C17H18NO/c1-2-13-17(18,15-11-7-4-8-12-15)16(19)14-9-5-3-6-10-14/h3-12H,1-2,13,18H2. The molecule has 0 aliphatic heterocycles. The molecule has 0 bridgehead atoms. The van der Waals surface area contributed by atoms with Gasteiger partial charge in [0.1, 0.15) is 5.54 Å². The summed E-state index contributed by atoms with van der Waals surface area (Å²) in [5.74, 6) is -0.0528. The van der Waals surface area contributed by atoms with Crippen LogP contribution < -0.4 is 5.73 Å². The molecule has 2 heteroatoms. The van der Waals surface area contributed by atoms with Crippen LogP contribution in [0.1, 0.15) is 28.8 Å². The molecular weight excluding hydrogens is 234 g/mol. The van der Waals surface area contributed by atoms with Crippen molar-refractivity contribution in [2.75, 3.05) is 0 Å². The molecule has 0 amide bonds. The molecule has 1 atom stereocenters. The predicted molar refractivity (Wildman–Crippen MR) is 77.7 cm³/mol. The van der Waals surface area contributed by atoms with Gasteiger partial charge < -0.3 is 5.73 Å². The zero-order valence-electron chi connectivity index (χ0n) is 10.9. The van der Waals surface area contributed by atoms with E-state index >= 15 is 0 Å². The number of carbonyl (C=O) groups excluding carboxylic acids is 1. The van der Waals surface area contributed by atoms with E-state index in [1.54, 1.807) is 12.1 Å². The van der Waals surface area contributed by atoms with Crippen LogP contribution >= 0.6 is 0 Å². The lowest BCUT2D eigenvalue weighted by Gasteiger charge is -2.28. The van der Waals surface area contributed by atoms with E-state index in [1.165, 1.54) is 0 Å². The normalized spacial score (nSPS) is 13.8. The molecule has 0 saturated heterocycles. The van der Waals surface area contributed by atoms with E-state index in [4.69, 9.17) is 5.73 Å². The van der Waals surface area contributed by atoms with Gasteiger partial charge in [-0.25, -0.2) is 0 Å². The van der Waals surface area contributed by atoms with E-state index in [-0.39, 0.29) is 5.78 Å². The number of nitrogens with two attached hydrogens (primary N) is 1. The number of carbonyl (C=O) groups is 1. The first-order valence-corrected chi connectivity index (χ1v) is 6.42. The Hall–Kier alpha value is -1.93. The van der Waals surface area contributed by atoms with Crippen molar-refractivity contribution in [2.24, 2.45) is 5.73 Å². The third kappa shape index (κ3) is 2.74. The van der Waals surface area contributed by atoms with Gasteiger partial charge in [-0.05, 0) is 12.0 Å². The summed E-state index contributed by atoms with van der Waals surface area (Å²) in [6.07, 6.45) is 1.15. The van der Waals surface area contributed by atoms with Crippen LogP contribution in [0.15, 0.2) is 60.7 Å². The molecular formula is C17H18NO.